The Kier molecular flexibility index (Phi) is 5.10. The number of benzene rings is 1. The average Bonchev–Trinajstić information content (AvgIpc) is 2.76. The van der Waals surface area contributed by atoms with Crippen LogP contribution in [0.25, 0.3) is 0 Å². The van der Waals surface area contributed by atoms with Gasteiger partial charge in [0.15, 0.2) is 0 Å². The Morgan fingerprint density at radius 2 is 2.00 bits per heavy atom. The van der Waals surface area contributed by atoms with E-state index in [-0.39, 0.29) is 6.61 Å². The molecule has 2 aromatic rings. The van der Waals surface area contributed by atoms with Gasteiger partial charge in [-0.3, -0.25) is 4.68 Å². The number of nitrogens with zero attached hydrogens (tertiary/aromatic N) is 2. The highest BCUT2D eigenvalue weighted by Gasteiger charge is 2.07. The molecule has 0 bridgehead atoms. The molecule has 0 unspecified atom stereocenters. The summed E-state index contributed by atoms with van der Waals surface area (Å²) in [6.45, 7) is 1.12. The first-order valence-electron chi connectivity index (χ1n) is 5.60. The zero-order valence-corrected chi connectivity index (χ0v) is 13.0. The Morgan fingerprint density at radius 1 is 1.32 bits per heavy atom. The van der Waals surface area contributed by atoms with E-state index in [1.54, 1.807) is 23.0 Å². The van der Waals surface area contributed by atoms with Gasteiger partial charge in [-0.05, 0) is 12.1 Å². The molecular weight excluding hydrogens is 353 g/mol. The molecule has 1 aromatic heterocycles. The summed E-state index contributed by atoms with van der Waals surface area (Å²) in [6.07, 6.45) is 3.60. The van der Waals surface area contributed by atoms with Crippen LogP contribution in [0.15, 0.2) is 29.0 Å². The zero-order chi connectivity index (χ0) is 13.8. The molecule has 0 spiro atoms. The van der Waals surface area contributed by atoms with Crippen molar-refractivity contribution in [2.75, 3.05) is 11.9 Å². The lowest BCUT2D eigenvalue weighted by Crippen LogP contribution is -2.02. The van der Waals surface area contributed by atoms with E-state index in [1.807, 2.05) is 6.20 Å². The molecule has 102 valence electrons. The number of halogens is 3. The summed E-state index contributed by atoms with van der Waals surface area (Å²) in [5.74, 6) is 0. The van der Waals surface area contributed by atoms with Crippen molar-refractivity contribution in [3.63, 3.8) is 0 Å². The van der Waals surface area contributed by atoms with Crippen molar-refractivity contribution in [2.24, 2.45) is 0 Å². The predicted molar refractivity (Wildman–Crippen MR) is 80.8 cm³/mol. The van der Waals surface area contributed by atoms with Crippen LogP contribution in [0.5, 0.6) is 0 Å². The minimum atomic E-state index is 0.0684. The smallest absolute Gasteiger partial charge is 0.0722 e. The number of nitrogens with one attached hydrogen (secondary N) is 1. The lowest BCUT2D eigenvalue weighted by molar-refractivity contribution is 0.269. The Morgan fingerprint density at radius 3 is 2.63 bits per heavy atom. The van der Waals surface area contributed by atoms with Gasteiger partial charge in [0, 0.05) is 22.8 Å². The lowest BCUT2D eigenvalue weighted by Gasteiger charge is -2.10. The summed E-state index contributed by atoms with van der Waals surface area (Å²) in [5, 5.41) is 17.2. The van der Waals surface area contributed by atoms with Crippen LogP contribution in [0.1, 0.15) is 5.56 Å². The maximum atomic E-state index is 8.82. The van der Waals surface area contributed by atoms with E-state index >= 15 is 0 Å². The van der Waals surface area contributed by atoms with Crippen LogP contribution in [0, 0.1) is 0 Å². The lowest BCUT2D eigenvalue weighted by atomic mass is 10.3. The number of hydrogen-bond acceptors (Lipinski definition) is 3. The minimum Gasteiger partial charge on any atom is -0.394 e. The standard InChI is InChI=1S/C12H12BrCl2N3O/c13-9-3-10(14)12(11(15)4-9)16-5-8-6-17-18(7-8)1-2-19/h3-4,6-7,16,19H,1-2,5H2. The SMILES string of the molecule is OCCn1cc(CNc2c(Cl)cc(Br)cc2Cl)cn1. The molecule has 0 fully saturated rings. The van der Waals surface area contributed by atoms with Gasteiger partial charge < -0.3 is 10.4 Å². The molecule has 0 radical (unpaired) electrons. The number of anilines is 1. The first kappa shape index (κ1) is 14.7. The van der Waals surface area contributed by atoms with Crippen LogP contribution in [-0.4, -0.2) is 21.5 Å². The van der Waals surface area contributed by atoms with Gasteiger partial charge in [-0.2, -0.15) is 5.10 Å². The van der Waals surface area contributed by atoms with Crippen LogP contribution >= 0.6 is 39.1 Å². The number of aromatic nitrogens is 2. The summed E-state index contributed by atoms with van der Waals surface area (Å²) in [5.41, 5.74) is 1.69. The molecule has 2 rings (SSSR count). The van der Waals surface area contributed by atoms with E-state index in [4.69, 9.17) is 28.3 Å². The third kappa shape index (κ3) is 3.86. The van der Waals surface area contributed by atoms with Gasteiger partial charge in [0.1, 0.15) is 0 Å². The van der Waals surface area contributed by atoms with Gasteiger partial charge in [-0.15, -0.1) is 0 Å². The van der Waals surface area contributed by atoms with Crippen molar-refractivity contribution in [1.82, 2.24) is 9.78 Å². The van der Waals surface area contributed by atoms with Crippen molar-refractivity contribution in [3.8, 4) is 0 Å². The molecule has 19 heavy (non-hydrogen) atoms. The first-order chi connectivity index (χ1) is 9.10. The van der Waals surface area contributed by atoms with Gasteiger partial charge in [0.2, 0.25) is 0 Å². The highest BCUT2D eigenvalue weighted by atomic mass is 79.9. The second kappa shape index (κ2) is 6.61. The van der Waals surface area contributed by atoms with E-state index in [2.05, 4.69) is 26.3 Å². The maximum Gasteiger partial charge on any atom is 0.0722 e. The Balaban J connectivity index is 2.05. The summed E-state index contributed by atoms with van der Waals surface area (Å²) in [7, 11) is 0. The highest BCUT2D eigenvalue weighted by Crippen LogP contribution is 2.34. The normalized spacial score (nSPS) is 10.7. The van der Waals surface area contributed by atoms with Crippen molar-refractivity contribution in [3.05, 3.63) is 44.6 Å². The Labute approximate surface area is 129 Å². The third-order valence-corrected chi connectivity index (χ3v) is 3.55. The zero-order valence-electron chi connectivity index (χ0n) is 9.91. The first-order valence-corrected chi connectivity index (χ1v) is 7.15. The fourth-order valence-corrected chi connectivity index (χ4v) is 2.97. The van der Waals surface area contributed by atoms with E-state index in [9.17, 15) is 0 Å². The van der Waals surface area contributed by atoms with E-state index in [0.717, 1.165) is 10.0 Å². The molecule has 4 nitrogen and oxygen atoms in total. The van der Waals surface area contributed by atoms with Crippen LogP contribution in [0.2, 0.25) is 10.0 Å². The van der Waals surface area contributed by atoms with Crippen LogP contribution in [0.4, 0.5) is 5.69 Å². The van der Waals surface area contributed by atoms with Crippen molar-refractivity contribution in [2.45, 2.75) is 13.1 Å². The van der Waals surface area contributed by atoms with Crippen molar-refractivity contribution < 1.29 is 5.11 Å². The van der Waals surface area contributed by atoms with E-state index in [1.165, 1.54) is 0 Å². The highest BCUT2D eigenvalue weighted by molar-refractivity contribution is 9.10. The number of rotatable bonds is 5. The number of hydrogen-bond donors (Lipinski definition) is 2. The number of aliphatic hydroxyl groups excluding tert-OH is 1. The van der Waals surface area contributed by atoms with Crippen molar-refractivity contribution >= 4 is 44.8 Å². The molecule has 1 aromatic carbocycles. The fourth-order valence-electron chi connectivity index (χ4n) is 1.62. The molecule has 0 aliphatic rings. The Hall–Kier alpha value is -0.750. The summed E-state index contributed by atoms with van der Waals surface area (Å²) in [6, 6.07) is 3.57. The van der Waals surface area contributed by atoms with Gasteiger partial charge in [0.25, 0.3) is 0 Å². The molecule has 0 atom stereocenters. The molecule has 0 saturated heterocycles. The third-order valence-electron chi connectivity index (χ3n) is 2.49. The molecule has 0 aliphatic carbocycles. The molecule has 1 heterocycles. The van der Waals surface area contributed by atoms with E-state index in [0.29, 0.717) is 28.8 Å². The molecule has 7 heteroatoms. The minimum absolute atomic E-state index is 0.0684. The molecule has 0 amide bonds. The van der Waals surface area contributed by atoms with Gasteiger partial charge in [0.05, 0.1) is 35.1 Å². The average molecular weight is 365 g/mol. The summed E-state index contributed by atoms with van der Waals surface area (Å²) >= 11 is 15.6. The fraction of sp³-hybridized carbons (Fsp3) is 0.250. The summed E-state index contributed by atoms with van der Waals surface area (Å²) in [4.78, 5) is 0. The molecule has 2 N–H and O–H groups in total. The van der Waals surface area contributed by atoms with Crippen LogP contribution in [0.3, 0.4) is 0 Å². The quantitative estimate of drug-likeness (QED) is 0.852. The number of aliphatic hydroxyl groups is 1. The topological polar surface area (TPSA) is 50.1 Å². The molecule has 0 saturated carbocycles. The molecule has 0 aliphatic heterocycles. The van der Waals surface area contributed by atoms with Gasteiger partial charge in [-0.1, -0.05) is 39.1 Å². The van der Waals surface area contributed by atoms with Gasteiger partial charge >= 0.3 is 0 Å². The van der Waals surface area contributed by atoms with Gasteiger partial charge in [-0.25, -0.2) is 0 Å². The van der Waals surface area contributed by atoms with E-state index < -0.39 is 0 Å². The predicted octanol–water partition coefficient (Wildman–Crippen LogP) is 3.56. The summed E-state index contributed by atoms with van der Waals surface area (Å²) < 4.78 is 2.52. The maximum absolute atomic E-state index is 8.82. The van der Waals surface area contributed by atoms with Crippen LogP contribution in [-0.2, 0) is 13.1 Å². The second-order valence-corrected chi connectivity index (χ2v) is 5.66. The second-order valence-electron chi connectivity index (χ2n) is 3.93. The molecular formula is C12H12BrCl2N3O. The Bertz CT molecular complexity index is 551. The van der Waals surface area contributed by atoms with Crippen molar-refractivity contribution in [1.29, 1.82) is 0 Å². The van der Waals surface area contributed by atoms with Crippen LogP contribution < -0.4 is 5.32 Å². The monoisotopic (exact) mass is 363 g/mol. The largest absolute Gasteiger partial charge is 0.394 e.